The van der Waals surface area contributed by atoms with Crippen LogP contribution >= 0.6 is 0 Å². The number of likely N-dealkylation sites (tertiary alicyclic amines) is 1. The quantitative estimate of drug-likeness (QED) is 0.781. The summed E-state index contributed by atoms with van der Waals surface area (Å²) in [6.45, 7) is 2.53. The molecule has 0 bridgehead atoms. The standard InChI is InChI=1S/C13H15NO3/c15-12(14-9-13(10-14)6-7-17-13)16-8-11-4-2-1-3-5-11/h1-5H,6-10H2. The Labute approximate surface area is 100 Å². The smallest absolute Gasteiger partial charge is 0.410 e. The molecule has 1 amide bonds. The molecule has 2 aliphatic heterocycles. The zero-order valence-corrected chi connectivity index (χ0v) is 9.59. The lowest BCUT2D eigenvalue weighted by Crippen LogP contribution is -2.69. The van der Waals surface area contributed by atoms with Gasteiger partial charge < -0.3 is 14.4 Å². The monoisotopic (exact) mass is 233 g/mol. The van der Waals surface area contributed by atoms with Crippen LogP contribution < -0.4 is 0 Å². The maximum atomic E-state index is 11.7. The summed E-state index contributed by atoms with van der Waals surface area (Å²) in [5.74, 6) is 0. The Hall–Kier alpha value is -1.55. The molecule has 1 aromatic rings. The van der Waals surface area contributed by atoms with Gasteiger partial charge in [-0.1, -0.05) is 30.3 Å². The van der Waals surface area contributed by atoms with Crippen LogP contribution in [0, 0.1) is 0 Å². The van der Waals surface area contributed by atoms with Crippen LogP contribution in [0.2, 0.25) is 0 Å². The molecule has 0 aliphatic carbocycles. The Morgan fingerprint density at radius 3 is 2.65 bits per heavy atom. The van der Waals surface area contributed by atoms with Gasteiger partial charge in [-0.2, -0.15) is 0 Å². The lowest BCUT2D eigenvalue weighted by molar-refractivity contribution is -0.212. The van der Waals surface area contributed by atoms with Gasteiger partial charge in [0, 0.05) is 6.42 Å². The van der Waals surface area contributed by atoms with E-state index in [0.717, 1.165) is 18.6 Å². The number of benzene rings is 1. The third-order valence-corrected chi connectivity index (χ3v) is 3.39. The average molecular weight is 233 g/mol. The summed E-state index contributed by atoms with van der Waals surface area (Å²) in [6, 6.07) is 9.70. The van der Waals surface area contributed by atoms with Gasteiger partial charge in [0.2, 0.25) is 0 Å². The molecule has 4 nitrogen and oxygen atoms in total. The maximum Gasteiger partial charge on any atom is 0.410 e. The van der Waals surface area contributed by atoms with Crippen LogP contribution in [-0.2, 0) is 16.1 Å². The SMILES string of the molecule is O=C(OCc1ccccc1)N1CC2(CCO2)C1. The minimum absolute atomic E-state index is 0.0221. The van der Waals surface area contributed by atoms with Gasteiger partial charge in [0.25, 0.3) is 0 Å². The molecular formula is C13H15NO3. The number of hydrogen-bond donors (Lipinski definition) is 0. The molecule has 1 aromatic carbocycles. The summed E-state index contributed by atoms with van der Waals surface area (Å²) in [5, 5.41) is 0. The molecule has 2 heterocycles. The number of carbonyl (C=O) groups excluding carboxylic acids is 1. The van der Waals surface area contributed by atoms with Crippen LogP contribution in [0.5, 0.6) is 0 Å². The average Bonchev–Trinajstić information content (AvgIpc) is 2.24. The van der Waals surface area contributed by atoms with Crippen molar-refractivity contribution in [3.63, 3.8) is 0 Å². The molecule has 2 saturated heterocycles. The van der Waals surface area contributed by atoms with Gasteiger partial charge in [0.15, 0.2) is 0 Å². The van der Waals surface area contributed by atoms with Crippen molar-refractivity contribution in [2.24, 2.45) is 0 Å². The van der Waals surface area contributed by atoms with Crippen molar-refractivity contribution in [1.29, 1.82) is 0 Å². The topological polar surface area (TPSA) is 38.8 Å². The molecule has 3 rings (SSSR count). The molecule has 0 atom stereocenters. The fourth-order valence-electron chi connectivity index (χ4n) is 2.23. The maximum absolute atomic E-state index is 11.7. The largest absolute Gasteiger partial charge is 0.445 e. The van der Waals surface area contributed by atoms with Crippen LogP contribution in [0.3, 0.4) is 0 Å². The van der Waals surface area contributed by atoms with E-state index in [4.69, 9.17) is 9.47 Å². The van der Waals surface area contributed by atoms with Crippen molar-refractivity contribution in [1.82, 2.24) is 4.90 Å². The Bertz CT molecular complexity index is 406. The van der Waals surface area contributed by atoms with Gasteiger partial charge in [0.05, 0.1) is 19.7 Å². The van der Waals surface area contributed by atoms with E-state index in [9.17, 15) is 4.79 Å². The van der Waals surface area contributed by atoms with Crippen molar-refractivity contribution in [2.45, 2.75) is 18.6 Å². The minimum Gasteiger partial charge on any atom is -0.445 e. The van der Waals surface area contributed by atoms with Gasteiger partial charge in [-0.25, -0.2) is 4.79 Å². The fourth-order valence-corrected chi connectivity index (χ4v) is 2.23. The molecule has 4 heteroatoms. The number of amides is 1. The van der Waals surface area contributed by atoms with E-state index in [0.29, 0.717) is 19.7 Å². The van der Waals surface area contributed by atoms with Crippen molar-refractivity contribution in [3.8, 4) is 0 Å². The molecule has 2 aliphatic rings. The van der Waals surface area contributed by atoms with E-state index in [1.165, 1.54) is 0 Å². The lowest BCUT2D eigenvalue weighted by atomic mass is 9.87. The number of carbonyl (C=O) groups is 1. The van der Waals surface area contributed by atoms with E-state index in [2.05, 4.69) is 0 Å². The minimum atomic E-state index is -0.241. The highest BCUT2D eigenvalue weighted by molar-refractivity contribution is 5.69. The molecule has 0 radical (unpaired) electrons. The van der Waals surface area contributed by atoms with E-state index >= 15 is 0 Å². The molecular weight excluding hydrogens is 218 g/mol. The van der Waals surface area contributed by atoms with Gasteiger partial charge in [-0.15, -0.1) is 0 Å². The first kappa shape index (κ1) is 10.6. The van der Waals surface area contributed by atoms with Crippen LogP contribution in [0.4, 0.5) is 4.79 Å². The fraction of sp³-hybridized carbons (Fsp3) is 0.462. The van der Waals surface area contributed by atoms with Crippen molar-refractivity contribution >= 4 is 6.09 Å². The van der Waals surface area contributed by atoms with E-state index < -0.39 is 0 Å². The summed E-state index contributed by atoms with van der Waals surface area (Å²) < 4.78 is 10.7. The summed E-state index contributed by atoms with van der Waals surface area (Å²) in [6.07, 6.45) is 0.824. The normalized spacial score (nSPS) is 20.6. The predicted octanol–water partition coefficient (Wildman–Crippen LogP) is 1.80. The molecule has 1 spiro atoms. The summed E-state index contributed by atoms with van der Waals surface area (Å²) in [5.41, 5.74) is 0.988. The second-order valence-electron chi connectivity index (χ2n) is 4.68. The number of nitrogens with zero attached hydrogens (tertiary/aromatic N) is 1. The summed E-state index contributed by atoms with van der Waals surface area (Å²) in [4.78, 5) is 13.4. The second-order valence-corrected chi connectivity index (χ2v) is 4.68. The first-order valence-corrected chi connectivity index (χ1v) is 5.87. The number of rotatable bonds is 2. The molecule has 0 aromatic heterocycles. The molecule has 2 fully saturated rings. The Balaban J connectivity index is 1.45. The van der Waals surface area contributed by atoms with Gasteiger partial charge in [-0.05, 0) is 5.56 Å². The Morgan fingerprint density at radius 2 is 2.06 bits per heavy atom. The van der Waals surface area contributed by atoms with Crippen LogP contribution in [0.15, 0.2) is 30.3 Å². The highest BCUT2D eigenvalue weighted by Gasteiger charge is 2.51. The first-order chi connectivity index (χ1) is 8.27. The van der Waals surface area contributed by atoms with Crippen molar-refractivity contribution in [2.75, 3.05) is 19.7 Å². The summed E-state index contributed by atoms with van der Waals surface area (Å²) >= 11 is 0. The highest BCUT2D eigenvalue weighted by atomic mass is 16.6. The zero-order chi connectivity index (χ0) is 11.7. The van der Waals surface area contributed by atoms with Crippen molar-refractivity contribution < 1.29 is 14.3 Å². The Kier molecular flexibility index (Phi) is 2.52. The highest BCUT2D eigenvalue weighted by Crippen LogP contribution is 2.36. The van der Waals surface area contributed by atoms with Gasteiger partial charge >= 0.3 is 6.09 Å². The molecule has 90 valence electrons. The summed E-state index contributed by atoms with van der Waals surface area (Å²) in [7, 11) is 0. The lowest BCUT2D eigenvalue weighted by Gasteiger charge is -2.54. The third-order valence-electron chi connectivity index (χ3n) is 3.39. The van der Waals surface area contributed by atoms with Crippen molar-refractivity contribution in [3.05, 3.63) is 35.9 Å². The molecule has 0 unspecified atom stereocenters. The molecule has 0 N–H and O–H groups in total. The van der Waals surface area contributed by atoms with E-state index in [1.807, 2.05) is 30.3 Å². The van der Waals surface area contributed by atoms with Crippen LogP contribution in [0.1, 0.15) is 12.0 Å². The van der Waals surface area contributed by atoms with Crippen LogP contribution in [0.25, 0.3) is 0 Å². The van der Waals surface area contributed by atoms with E-state index in [-0.39, 0.29) is 11.7 Å². The third kappa shape index (κ3) is 2.00. The van der Waals surface area contributed by atoms with Crippen LogP contribution in [-0.4, -0.2) is 36.3 Å². The molecule has 17 heavy (non-hydrogen) atoms. The predicted molar refractivity (Wildman–Crippen MR) is 61.5 cm³/mol. The number of hydrogen-bond acceptors (Lipinski definition) is 3. The Morgan fingerprint density at radius 1 is 1.35 bits per heavy atom. The first-order valence-electron chi connectivity index (χ1n) is 5.87. The number of ether oxygens (including phenoxy) is 2. The zero-order valence-electron chi connectivity index (χ0n) is 9.59. The second kappa shape index (κ2) is 4.04. The molecule has 0 saturated carbocycles. The van der Waals surface area contributed by atoms with Gasteiger partial charge in [-0.3, -0.25) is 0 Å². The van der Waals surface area contributed by atoms with E-state index in [1.54, 1.807) is 4.90 Å². The van der Waals surface area contributed by atoms with Gasteiger partial charge in [0.1, 0.15) is 12.2 Å².